The Morgan fingerprint density at radius 2 is 0.742 bits per heavy atom. The Kier molecular flexibility index (Phi) is 7.81. The summed E-state index contributed by atoms with van der Waals surface area (Å²) in [5.41, 5.74) is 18.8. The van der Waals surface area contributed by atoms with Crippen LogP contribution in [0.4, 0.5) is 0 Å². The van der Waals surface area contributed by atoms with Crippen LogP contribution in [0, 0.1) is 22.7 Å². The topological polar surface area (TPSA) is 57.4 Å². The number of fused-ring (bicyclic) bond motifs is 14. The van der Waals surface area contributed by atoms with Crippen molar-refractivity contribution in [2.75, 3.05) is 0 Å². The molecule has 2 heterocycles. The van der Waals surface area contributed by atoms with Gasteiger partial charge in [-0.3, -0.25) is 0 Å². The summed E-state index contributed by atoms with van der Waals surface area (Å²) in [4.78, 5) is 0. The summed E-state index contributed by atoms with van der Waals surface area (Å²) >= 11 is 0. The van der Waals surface area contributed by atoms with Crippen molar-refractivity contribution in [1.82, 2.24) is 9.13 Å². The molecular weight excluding hydrogens is 801 g/mol. The second-order valence-electron chi connectivity index (χ2n) is 19.0. The van der Waals surface area contributed by atoms with Crippen LogP contribution in [-0.4, -0.2) is 9.13 Å². The normalized spacial score (nSPS) is 14.0. The van der Waals surface area contributed by atoms with E-state index in [4.69, 9.17) is 0 Å². The van der Waals surface area contributed by atoms with Gasteiger partial charge < -0.3 is 9.13 Å². The van der Waals surface area contributed by atoms with Gasteiger partial charge in [-0.2, -0.15) is 10.5 Å². The second kappa shape index (κ2) is 13.5. The zero-order valence-electron chi connectivity index (χ0n) is 37.1. The third-order valence-corrected chi connectivity index (χ3v) is 14.9. The average molecular weight is 843 g/mol. The lowest BCUT2D eigenvalue weighted by molar-refractivity contribution is 0.664. The lowest BCUT2D eigenvalue weighted by Crippen LogP contribution is -2.18. The second-order valence-corrected chi connectivity index (χ2v) is 19.0. The van der Waals surface area contributed by atoms with Gasteiger partial charge in [0.05, 0.1) is 44.6 Å². The summed E-state index contributed by atoms with van der Waals surface area (Å²) in [6.45, 7) is 9.34. The number of hydrogen-bond acceptors (Lipinski definition) is 2. The van der Waals surface area contributed by atoms with Crippen LogP contribution in [0.1, 0.15) is 61.1 Å². The lowest BCUT2D eigenvalue weighted by Gasteiger charge is -2.28. The molecule has 66 heavy (non-hydrogen) atoms. The fourth-order valence-corrected chi connectivity index (χ4v) is 12.2. The van der Waals surface area contributed by atoms with Crippen molar-refractivity contribution < 1.29 is 0 Å². The Bertz CT molecular complexity index is 3780. The van der Waals surface area contributed by atoms with E-state index >= 15 is 0 Å². The molecule has 4 nitrogen and oxygen atoms in total. The van der Waals surface area contributed by atoms with Crippen molar-refractivity contribution in [3.05, 3.63) is 215 Å². The highest BCUT2D eigenvalue weighted by Crippen LogP contribution is 2.57. The number of benzene rings is 9. The van der Waals surface area contributed by atoms with Crippen LogP contribution in [0.2, 0.25) is 0 Å². The van der Waals surface area contributed by atoms with Crippen molar-refractivity contribution in [2.24, 2.45) is 0 Å². The third kappa shape index (κ3) is 4.80. The smallest absolute Gasteiger partial charge is 0.102 e. The third-order valence-electron chi connectivity index (χ3n) is 14.9. The fourth-order valence-electron chi connectivity index (χ4n) is 12.2. The number of hydrogen-bond donors (Lipinski definition) is 0. The highest BCUT2D eigenvalue weighted by Gasteiger charge is 2.42. The minimum absolute atomic E-state index is 0.372. The summed E-state index contributed by atoms with van der Waals surface area (Å²) in [6, 6.07) is 70.1. The first kappa shape index (κ1) is 38.1. The van der Waals surface area contributed by atoms with E-state index in [0.717, 1.165) is 71.7 Å². The molecule has 9 aromatic carbocycles. The number of nitriles is 2. The molecule has 2 aromatic heterocycles. The van der Waals surface area contributed by atoms with E-state index < -0.39 is 0 Å². The van der Waals surface area contributed by atoms with E-state index in [-0.39, 0.29) is 10.8 Å². The number of rotatable bonds is 4. The summed E-state index contributed by atoms with van der Waals surface area (Å²) in [6.07, 6.45) is 0. The molecule has 0 saturated heterocycles. The Balaban J connectivity index is 1.33. The van der Waals surface area contributed by atoms with Crippen LogP contribution in [-0.2, 0) is 10.8 Å². The van der Waals surface area contributed by atoms with Crippen molar-refractivity contribution in [1.29, 1.82) is 10.5 Å². The Morgan fingerprint density at radius 3 is 1.18 bits per heavy atom. The minimum atomic E-state index is -0.372. The Morgan fingerprint density at radius 1 is 0.364 bits per heavy atom. The van der Waals surface area contributed by atoms with E-state index in [2.05, 4.69) is 195 Å². The predicted octanol–water partition coefficient (Wildman–Crippen LogP) is 15.6. The van der Waals surface area contributed by atoms with Crippen LogP contribution in [0.3, 0.4) is 0 Å². The molecule has 0 bridgehead atoms. The summed E-state index contributed by atoms with van der Waals surface area (Å²) in [5, 5.41) is 28.5. The molecule has 0 radical (unpaired) electrons. The first-order valence-corrected chi connectivity index (χ1v) is 22.7. The van der Waals surface area contributed by atoms with Crippen molar-refractivity contribution in [3.8, 4) is 68.0 Å². The zero-order valence-corrected chi connectivity index (χ0v) is 37.1. The summed E-state index contributed by atoms with van der Waals surface area (Å²) in [5.74, 6) is 0. The molecular formula is C62H42N4. The van der Waals surface area contributed by atoms with Crippen molar-refractivity contribution in [3.63, 3.8) is 0 Å². The molecule has 0 N–H and O–H groups in total. The van der Waals surface area contributed by atoms with Crippen LogP contribution in [0.25, 0.3) is 99.5 Å². The number of nitrogens with zero attached hydrogens (tertiary/aromatic N) is 4. The molecule has 0 atom stereocenters. The van der Waals surface area contributed by atoms with Gasteiger partial charge in [-0.15, -0.1) is 0 Å². The molecule has 2 aliphatic carbocycles. The molecule has 0 spiro atoms. The molecule has 0 amide bonds. The molecule has 0 fully saturated rings. The molecule has 11 aromatic rings. The van der Waals surface area contributed by atoms with E-state index in [1.165, 1.54) is 44.5 Å². The fraction of sp³-hybridized carbons (Fsp3) is 0.0968. The van der Waals surface area contributed by atoms with Crippen LogP contribution < -0.4 is 0 Å². The molecule has 0 aliphatic heterocycles. The van der Waals surface area contributed by atoms with Gasteiger partial charge in [0.2, 0.25) is 0 Å². The number of para-hydroxylation sites is 2. The molecule has 4 heteroatoms. The van der Waals surface area contributed by atoms with E-state index in [1.807, 2.05) is 36.4 Å². The lowest BCUT2D eigenvalue weighted by atomic mass is 9.81. The Hall–Kier alpha value is -8.44. The van der Waals surface area contributed by atoms with Crippen LogP contribution in [0.5, 0.6) is 0 Å². The minimum Gasteiger partial charge on any atom is -0.307 e. The van der Waals surface area contributed by atoms with Crippen molar-refractivity contribution in [2.45, 2.75) is 38.5 Å². The van der Waals surface area contributed by atoms with E-state index in [1.54, 1.807) is 0 Å². The summed E-state index contributed by atoms with van der Waals surface area (Å²) in [7, 11) is 0. The van der Waals surface area contributed by atoms with Crippen molar-refractivity contribution >= 4 is 43.6 Å². The van der Waals surface area contributed by atoms with Gasteiger partial charge >= 0.3 is 0 Å². The van der Waals surface area contributed by atoms with Gasteiger partial charge in [-0.05, 0) is 67.8 Å². The van der Waals surface area contributed by atoms with E-state index in [9.17, 15) is 10.5 Å². The highest BCUT2D eigenvalue weighted by atomic mass is 15.0. The molecule has 2 aliphatic rings. The first-order valence-electron chi connectivity index (χ1n) is 22.7. The maximum Gasteiger partial charge on any atom is 0.102 e. The van der Waals surface area contributed by atoms with Gasteiger partial charge in [0, 0.05) is 43.5 Å². The first-order chi connectivity index (χ1) is 32.3. The Labute approximate surface area is 383 Å². The average Bonchev–Trinajstić information content (AvgIpc) is 4.02. The highest BCUT2D eigenvalue weighted by molar-refractivity contribution is 6.17. The predicted molar refractivity (Wildman–Crippen MR) is 271 cm³/mol. The van der Waals surface area contributed by atoms with Crippen LogP contribution >= 0.6 is 0 Å². The summed E-state index contributed by atoms with van der Waals surface area (Å²) < 4.78 is 4.79. The standard InChI is InChI=1S/C62H42N4/c1-61(2)49-27-15-11-23-39(49)43-31-33-45-41-25-13-17-29-51(41)65(59(45)55(43)61)57-47(35-63)53(37-19-7-5-8-20-37)48(36-64)58(54(57)38-21-9-6-10-22-38)66-52-30-18-14-26-42(52)46-34-32-44-40-24-12-16-28-50(40)62(3,4)56(44)60(46)66/h5-34H,1-4H3. The maximum atomic E-state index is 12.0. The maximum absolute atomic E-state index is 12.0. The quantitative estimate of drug-likeness (QED) is 0.177. The van der Waals surface area contributed by atoms with Gasteiger partial charge in [0.1, 0.15) is 12.1 Å². The molecule has 0 unspecified atom stereocenters. The molecule has 310 valence electrons. The van der Waals surface area contributed by atoms with Crippen LogP contribution in [0.15, 0.2) is 182 Å². The van der Waals surface area contributed by atoms with Gasteiger partial charge in [-0.1, -0.05) is 198 Å². The molecule has 0 saturated carbocycles. The van der Waals surface area contributed by atoms with Gasteiger partial charge in [-0.25, -0.2) is 0 Å². The number of aromatic nitrogens is 2. The largest absolute Gasteiger partial charge is 0.307 e. The van der Waals surface area contributed by atoms with Gasteiger partial charge in [0.25, 0.3) is 0 Å². The van der Waals surface area contributed by atoms with Gasteiger partial charge in [0.15, 0.2) is 0 Å². The zero-order chi connectivity index (χ0) is 44.6. The molecule has 13 rings (SSSR count). The SMILES string of the molecule is CC1(C)c2ccccc2-c2ccc3c4ccccc4n(-c4c(C#N)c(-c5ccccc5)c(C#N)c(-n5c6ccccc6c6ccc7c(c65)C(C)(C)c5ccccc5-7)c4-c4ccccc4)c3c21. The van der Waals surface area contributed by atoms with E-state index in [0.29, 0.717) is 16.7 Å². The monoisotopic (exact) mass is 842 g/mol.